The standard InChI is InChI=1S/C19H21N5O2/c1-12-17(14(3)26-22-12)19(25)24-10-8-23(9-11-24)18-13(2)20-15-6-4-5-7-16(15)21-18/h4-7H,8-11H2,1-3H3. The fraction of sp³-hybridized carbons (Fsp3) is 0.368. The second-order valence-electron chi connectivity index (χ2n) is 6.60. The third kappa shape index (κ3) is 2.79. The van der Waals surface area contributed by atoms with Crippen molar-refractivity contribution in [1.29, 1.82) is 0 Å². The number of carbonyl (C=O) groups excluding carboxylic acids is 1. The van der Waals surface area contributed by atoms with E-state index in [1.54, 1.807) is 13.8 Å². The fourth-order valence-corrected chi connectivity index (χ4v) is 3.45. The summed E-state index contributed by atoms with van der Waals surface area (Å²) in [5, 5.41) is 3.88. The van der Waals surface area contributed by atoms with Crippen molar-refractivity contribution in [3.8, 4) is 0 Å². The molecule has 0 spiro atoms. The highest BCUT2D eigenvalue weighted by Gasteiger charge is 2.27. The monoisotopic (exact) mass is 351 g/mol. The Labute approximate surface area is 151 Å². The summed E-state index contributed by atoms with van der Waals surface area (Å²) in [4.78, 5) is 26.3. The number of piperazine rings is 1. The Hall–Kier alpha value is -2.96. The van der Waals surface area contributed by atoms with Crippen molar-refractivity contribution in [2.24, 2.45) is 0 Å². The second kappa shape index (κ2) is 6.40. The molecule has 1 amide bonds. The van der Waals surface area contributed by atoms with Crippen molar-refractivity contribution in [3.05, 3.63) is 47.0 Å². The molecule has 0 bridgehead atoms. The summed E-state index contributed by atoms with van der Waals surface area (Å²) in [6.45, 7) is 8.28. The predicted octanol–water partition coefficient (Wildman–Crippen LogP) is 2.51. The molecule has 1 aliphatic heterocycles. The molecule has 1 fully saturated rings. The largest absolute Gasteiger partial charge is 0.361 e. The summed E-state index contributed by atoms with van der Waals surface area (Å²) >= 11 is 0. The molecule has 3 heterocycles. The van der Waals surface area contributed by atoms with Crippen molar-refractivity contribution in [3.63, 3.8) is 0 Å². The zero-order valence-electron chi connectivity index (χ0n) is 15.2. The molecule has 1 saturated heterocycles. The van der Waals surface area contributed by atoms with E-state index in [0.29, 0.717) is 30.1 Å². The first-order valence-corrected chi connectivity index (χ1v) is 8.75. The molecule has 0 aliphatic carbocycles. The number of hydrogen-bond donors (Lipinski definition) is 0. The van der Waals surface area contributed by atoms with Crippen molar-refractivity contribution >= 4 is 22.8 Å². The van der Waals surface area contributed by atoms with Gasteiger partial charge in [-0.05, 0) is 32.9 Å². The van der Waals surface area contributed by atoms with Crippen LogP contribution in [0.1, 0.15) is 27.5 Å². The van der Waals surface area contributed by atoms with Crippen LogP contribution in [-0.2, 0) is 0 Å². The number of para-hydroxylation sites is 2. The molecule has 0 N–H and O–H groups in total. The van der Waals surface area contributed by atoms with E-state index >= 15 is 0 Å². The number of aryl methyl sites for hydroxylation is 3. The highest BCUT2D eigenvalue weighted by molar-refractivity contribution is 5.96. The van der Waals surface area contributed by atoms with Gasteiger partial charge in [-0.2, -0.15) is 0 Å². The Balaban J connectivity index is 1.52. The normalized spacial score (nSPS) is 14.9. The number of hydrogen-bond acceptors (Lipinski definition) is 6. The van der Waals surface area contributed by atoms with E-state index in [2.05, 4.69) is 15.0 Å². The third-order valence-electron chi connectivity index (χ3n) is 4.83. The first kappa shape index (κ1) is 16.5. The van der Waals surface area contributed by atoms with Crippen molar-refractivity contribution in [2.75, 3.05) is 31.1 Å². The number of rotatable bonds is 2. The number of amides is 1. The van der Waals surface area contributed by atoms with Crippen molar-refractivity contribution < 1.29 is 9.32 Å². The van der Waals surface area contributed by atoms with Crippen LogP contribution >= 0.6 is 0 Å². The molecule has 3 aromatic rings. The molecule has 1 aromatic carbocycles. The van der Waals surface area contributed by atoms with E-state index < -0.39 is 0 Å². The molecular formula is C19H21N5O2. The molecule has 1 aliphatic rings. The minimum absolute atomic E-state index is 0.0118. The van der Waals surface area contributed by atoms with E-state index in [1.165, 1.54) is 0 Å². The zero-order valence-corrected chi connectivity index (χ0v) is 15.2. The molecule has 0 saturated carbocycles. The van der Waals surface area contributed by atoms with E-state index in [9.17, 15) is 4.79 Å². The van der Waals surface area contributed by atoms with Gasteiger partial charge in [0.05, 0.1) is 22.4 Å². The minimum Gasteiger partial charge on any atom is -0.361 e. The maximum atomic E-state index is 12.8. The van der Waals surface area contributed by atoms with Crippen LogP contribution in [0.5, 0.6) is 0 Å². The molecule has 4 rings (SSSR count). The smallest absolute Gasteiger partial charge is 0.259 e. The lowest BCUT2D eigenvalue weighted by atomic mass is 10.1. The highest BCUT2D eigenvalue weighted by Crippen LogP contribution is 2.22. The van der Waals surface area contributed by atoms with E-state index in [0.717, 1.165) is 35.6 Å². The van der Waals surface area contributed by atoms with Gasteiger partial charge in [0.15, 0.2) is 5.82 Å². The maximum Gasteiger partial charge on any atom is 0.259 e. The van der Waals surface area contributed by atoms with Gasteiger partial charge in [-0.3, -0.25) is 4.79 Å². The van der Waals surface area contributed by atoms with Crippen LogP contribution in [0.4, 0.5) is 5.82 Å². The van der Waals surface area contributed by atoms with Gasteiger partial charge in [-0.1, -0.05) is 17.3 Å². The van der Waals surface area contributed by atoms with Crippen LogP contribution in [0.2, 0.25) is 0 Å². The summed E-state index contributed by atoms with van der Waals surface area (Å²) in [5.41, 5.74) is 3.93. The Kier molecular flexibility index (Phi) is 4.06. The van der Waals surface area contributed by atoms with Crippen LogP contribution in [-0.4, -0.2) is 52.1 Å². The zero-order chi connectivity index (χ0) is 18.3. The van der Waals surface area contributed by atoms with Crippen LogP contribution in [0.15, 0.2) is 28.8 Å². The number of anilines is 1. The van der Waals surface area contributed by atoms with Gasteiger partial charge in [-0.15, -0.1) is 0 Å². The lowest BCUT2D eigenvalue weighted by Gasteiger charge is -2.35. The van der Waals surface area contributed by atoms with E-state index in [4.69, 9.17) is 9.51 Å². The lowest BCUT2D eigenvalue weighted by molar-refractivity contribution is 0.0744. The van der Waals surface area contributed by atoms with Crippen LogP contribution < -0.4 is 4.90 Å². The van der Waals surface area contributed by atoms with E-state index in [-0.39, 0.29) is 5.91 Å². The number of benzene rings is 1. The van der Waals surface area contributed by atoms with Crippen LogP contribution in [0.3, 0.4) is 0 Å². The van der Waals surface area contributed by atoms with Crippen LogP contribution in [0, 0.1) is 20.8 Å². The average molecular weight is 351 g/mol. The molecule has 7 heteroatoms. The van der Waals surface area contributed by atoms with Crippen molar-refractivity contribution in [1.82, 2.24) is 20.0 Å². The molecule has 0 atom stereocenters. The van der Waals surface area contributed by atoms with Gasteiger partial charge in [-0.25, -0.2) is 9.97 Å². The summed E-state index contributed by atoms with van der Waals surface area (Å²) < 4.78 is 5.13. The van der Waals surface area contributed by atoms with Gasteiger partial charge < -0.3 is 14.3 Å². The Morgan fingerprint density at radius 3 is 2.23 bits per heavy atom. The number of fused-ring (bicyclic) bond motifs is 1. The Morgan fingerprint density at radius 1 is 0.962 bits per heavy atom. The fourth-order valence-electron chi connectivity index (χ4n) is 3.45. The van der Waals surface area contributed by atoms with Crippen molar-refractivity contribution in [2.45, 2.75) is 20.8 Å². The first-order valence-electron chi connectivity index (χ1n) is 8.75. The minimum atomic E-state index is -0.0118. The number of carbonyl (C=O) groups is 1. The topological polar surface area (TPSA) is 75.4 Å². The van der Waals surface area contributed by atoms with Crippen LogP contribution in [0.25, 0.3) is 11.0 Å². The summed E-state index contributed by atoms with van der Waals surface area (Å²) in [5.74, 6) is 1.46. The quantitative estimate of drug-likeness (QED) is 0.706. The lowest BCUT2D eigenvalue weighted by Crippen LogP contribution is -2.49. The Morgan fingerprint density at radius 2 is 1.62 bits per heavy atom. The van der Waals surface area contributed by atoms with Gasteiger partial charge in [0.25, 0.3) is 5.91 Å². The molecule has 0 radical (unpaired) electrons. The third-order valence-corrected chi connectivity index (χ3v) is 4.83. The molecule has 2 aromatic heterocycles. The SMILES string of the molecule is Cc1nc2ccccc2nc1N1CCN(C(=O)c2c(C)noc2C)CC1. The molecular weight excluding hydrogens is 330 g/mol. The summed E-state index contributed by atoms with van der Waals surface area (Å²) in [7, 11) is 0. The maximum absolute atomic E-state index is 12.8. The van der Waals surface area contributed by atoms with Gasteiger partial charge in [0, 0.05) is 26.2 Å². The summed E-state index contributed by atoms with van der Waals surface area (Å²) in [6.07, 6.45) is 0. The molecule has 26 heavy (non-hydrogen) atoms. The Bertz CT molecular complexity index is 954. The summed E-state index contributed by atoms with van der Waals surface area (Å²) in [6, 6.07) is 7.88. The predicted molar refractivity (Wildman–Crippen MR) is 98.4 cm³/mol. The second-order valence-corrected chi connectivity index (χ2v) is 6.60. The van der Waals surface area contributed by atoms with Gasteiger partial charge in [0.1, 0.15) is 11.3 Å². The molecule has 7 nitrogen and oxygen atoms in total. The number of nitrogens with zero attached hydrogens (tertiary/aromatic N) is 5. The van der Waals surface area contributed by atoms with E-state index in [1.807, 2.05) is 36.1 Å². The van der Waals surface area contributed by atoms with Gasteiger partial charge in [0.2, 0.25) is 0 Å². The average Bonchev–Trinajstić information content (AvgIpc) is 2.99. The number of aromatic nitrogens is 3. The highest BCUT2D eigenvalue weighted by atomic mass is 16.5. The van der Waals surface area contributed by atoms with Gasteiger partial charge >= 0.3 is 0 Å². The molecule has 134 valence electrons. The first-order chi connectivity index (χ1) is 12.5. The molecule has 0 unspecified atom stereocenters.